The van der Waals surface area contributed by atoms with Gasteiger partial charge in [-0.15, -0.1) is 0 Å². The fourth-order valence-corrected chi connectivity index (χ4v) is 1.16. The van der Waals surface area contributed by atoms with Gasteiger partial charge in [-0.2, -0.15) is 0 Å². The van der Waals surface area contributed by atoms with Crippen molar-refractivity contribution in [3.8, 4) is 0 Å². The fourth-order valence-electron chi connectivity index (χ4n) is 0.840. The van der Waals surface area contributed by atoms with E-state index < -0.39 is 4.92 Å². The molecule has 0 heterocycles. The van der Waals surface area contributed by atoms with Gasteiger partial charge in [0.2, 0.25) is 0 Å². The molecule has 0 saturated carbocycles. The van der Waals surface area contributed by atoms with Gasteiger partial charge in [-0.05, 0) is 12.1 Å². The monoisotopic (exact) mass is 217 g/mol. The van der Waals surface area contributed by atoms with E-state index >= 15 is 0 Å². The Morgan fingerprint density at radius 1 is 1.46 bits per heavy atom. The Morgan fingerprint density at radius 3 is 2.69 bits per heavy atom. The van der Waals surface area contributed by atoms with E-state index in [9.17, 15) is 10.1 Å². The summed E-state index contributed by atoms with van der Waals surface area (Å²) in [4.78, 5) is 9.89. The SMILES string of the molecule is O=[N+]([O-])c1ccc(Cl)c(/C=C/Cl)c1. The van der Waals surface area contributed by atoms with Crippen LogP contribution in [-0.4, -0.2) is 4.92 Å². The van der Waals surface area contributed by atoms with Gasteiger partial charge < -0.3 is 0 Å². The van der Waals surface area contributed by atoms with Crippen LogP contribution in [0.4, 0.5) is 5.69 Å². The van der Waals surface area contributed by atoms with Gasteiger partial charge in [-0.3, -0.25) is 10.1 Å². The van der Waals surface area contributed by atoms with Gasteiger partial charge in [0.25, 0.3) is 5.69 Å². The van der Waals surface area contributed by atoms with Crippen molar-refractivity contribution in [2.75, 3.05) is 0 Å². The fraction of sp³-hybridized carbons (Fsp3) is 0. The quantitative estimate of drug-likeness (QED) is 0.563. The van der Waals surface area contributed by atoms with Crippen LogP contribution in [0.2, 0.25) is 5.02 Å². The lowest BCUT2D eigenvalue weighted by Crippen LogP contribution is -1.88. The average molecular weight is 218 g/mol. The molecule has 0 saturated heterocycles. The van der Waals surface area contributed by atoms with E-state index in [-0.39, 0.29) is 5.69 Å². The van der Waals surface area contributed by atoms with Crippen LogP contribution in [-0.2, 0) is 0 Å². The molecule has 0 bridgehead atoms. The lowest BCUT2D eigenvalue weighted by molar-refractivity contribution is -0.384. The standard InChI is InChI=1S/C8H5Cl2NO2/c9-4-3-6-5-7(11(12)13)1-2-8(6)10/h1-5H/b4-3+. The second kappa shape index (κ2) is 4.25. The van der Waals surface area contributed by atoms with Crippen LogP contribution in [0.25, 0.3) is 6.08 Å². The number of rotatable bonds is 2. The molecule has 0 atom stereocenters. The molecule has 5 heteroatoms. The van der Waals surface area contributed by atoms with Crippen LogP contribution in [0.15, 0.2) is 23.7 Å². The third-order valence-electron chi connectivity index (χ3n) is 1.43. The van der Waals surface area contributed by atoms with Crippen molar-refractivity contribution in [3.63, 3.8) is 0 Å². The van der Waals surface area contributed by atoms with Crippen LogP contribution >= 0.6 is 23.2 Å². The molecule has 0 radical (unpaired) electrons. The minimum atomic E-state index is -0.484. The molecule has 0 aromatic heterocycles. The van der Waals surface area contributed by atoms with E-state index in [4.69, 9.17) is 23.2 Å². The molecule has 1 aromatic rings. The molecule has 13 heavy (non-hydrogen) atoms. The van der Waals surface area contributed by atoms with Gasteiger partial charge in [0.1, 0.15) is 0 Å². The van der Waals surface area contributed by atoms with Gasteiger partial charge in [-0.1, -0.05) is 23.2 Å². The highest BCUT2D eigenvalue weighted by Crippen LogP contribution is 2.23. The Balaban J connectivity index is 3.18. The molecule has 3 nitrogen and oxygen atoms in total. The van der Waals surface area contributed by atoms with Crippen molar-refractivity contribution >= 4 is 35.0 Å². The van der Waals surface area contributed by atoms with E-state index in [0.29, 0.717) is 10.6 Å². The molecule has 0 amide bonds. The number of halogens is 2. The van der Waals surface area contributed by atoms with Crippen molar-refractivity contribution in [2.24, 2.45) is 0 Å². The summed E-state index contributed by atoms with van der Waals surface area (Å²) < 4.78 is 0. The third-order valence-corrected chi connectivity index (χ3v) is 1.90. The molecule has 0 unspecified atom stereocenters. The Kier molecular flexibility index (Phi) is 3.28. The topological polar surface area (TPSA) is 43.1 Å². The molecular weight excluding hydrogens is 213 g/mol. The van der Waals surface area contributed by atoms with Crippen LogP contribution in [0.1, 0.15) is 5.56 Å². The van der Waals surface area contributed by atoms with E-state index in [1.807, 2.05) is 0 Å². The maximum Gasteiger partial charge on any atom is 0.270 e. The highest BCUT2D eigenvalue weighted by molar-refractivity contribution is 6.33. The van der Waals surface area contributed by atoms with Gasteiger partial charge in [0, 0.05) is 28.3 Å². The van der Waals surface area contributed by atoms with Gasteiger partial charge >= 0.3 is 0 Å². The zero-order valence-corrected chi connectivity index (χ0v) is 7.92. The maximum absolute atomic E-state index is 10.4. The summed E-state index contributed by atoms with van der Waals surface area (Å²) in [5.41, 5.74) is 1.78. The lowest BCUT2D eigenvalue weighted by atomic mass is 10.2. The van der Waals surface area contributed by atoms with Crippen molar-refractivity contribution in [2.45, 2.75) is 0 Å². The Bertz CT molecular complexity index is 363. The van der Waals surface area contributed by atoms with Gasteiger partial charge in [-0.25, -0.2) is 0 Å². The van der Waals surface area contributed by atoms with Crippen molar-refractivity contribution in [3.05, 3.63) is 44.4 Å². The largest absolute Gasteiger partial charge is 0.270 e. The number of hydrogen-bond acceptors (Lipinski definition) is 2. The number of nitrogens with zero attached hydrogens (tertiary/aromatic N) is 1. The van der Waals surface area contributed by atoms with E-state index in [2.05, 4.69) is 0 Å². The molecule has 0 fully saturated rings. The summed E-state index contributed by atoms with van der Waals surface area (Å²) in [6.45, 7) is 0. The summed E-state index contributed by atoms with van der Waals surface area (Å²) in [7, 11) is 0. The molecular formula is C8H5Cl2NO2. The predicted octanol–water partition coefficient (Wildman–Crippen LogP) is 3.46. The van der Waals surface area contributed by atoms with Crippen LogP contribution in [0, 0.1) is 10.1 Å². The van der Waals surface area contributed by atoms with Gasteiger partial charge in [0.15, 0.2) is 0 Å². The first-order valence-electron chi connectivity index (χ1n) is 3.36. The number of benzene rings is 1. The molecule has 1 rings (SSSR count). The molecule has 1 aromatic carbocycles. The summed E-state index contributed by atoms with van der Waals surface area (Å²) in [5.74, 6) is 0. The molecule has 0 aliphatic carbocycles. The predicted molar refractivity (Wildman–Crippen MR) is 53.0 cm³/mol. The van der Waals surface area contributed by atoms with E-state index in [0.717, 1.165) is 0 Å². The summed E-state index contributed by atoms with van der Waals surface area (Å²) in [5, 5.41) is 10.8. The molecule has 0 aliphatic rings. The average Bonchev–Trinajstić information content (AvgIpc) is 2.08. The van der Waals surface area contributed by atoms with Crippen LogP contribution < -0.4 is 0 Å². The highest BCUT2D eigenvalue weighted by atomic mass is 35.5. The van der Waals surface area contributed by atoms with Crippen LogP contribution in [0.5, 0.6) is 0 Å². The first-order valence-corrected chi connectivity index (χ1v) is 4.17. The minimum absolute atomic E-state index is 0.00540. The number of non-ortho nitro benzene ring substituents is 1. The smallest absolute Gasteiger partial charge is 0.258 e. The van der Waals surface area contributed by atoms with Crippen LogP contribution in [0.3, 0.4) is 0 Å². The lowest BCUT2D eigenvalue weighted by Gasteiger charge is -1.96. The second-order valence-electron chi connectivity index (χ2n) is 2.26. The number of nitro groups is 1. The van der Waals surface area contributed by atoms with E-state index in [1.54, 1.807) is 0 Å². The highest BCUT2D eigenvalue weighted by Gasteiger charge is 2.07. The molecule has 68 valence electrons. The summed E-state index contributed by atoms with van der Waals surface area (Å²) >= 11 is 11.1. The van der Waals surface area contributed by atoms with Crippen molar-refractivity contribution in [1.82, 2.24) is 0 Å². The Labute approximate surface area is 84.7 Å². The molecule has 0 spiro atoms. The Morgan fingerprint density at radius 2 is 2.15 bits per heavy atom. The van der Waals surface area contributed by atoms with Gasteiger partial charge in [0.05, 0.1) is 4.92 Å². The molecule has 0 N–H and O–H groups in total. The number of nitro benzene ring substituents is 1. The van der Waals surface area contributed by atoms with Crippen molar-refractivity contribution in [1.29, 1.82) is 0 Å². The Hall–Kier alpha value is -1.06. The maximum atomic E-state index is 10.4. The van der Waals surface area contributed by atoms with Crippen molar-refractivity contribution < 1.29 is 4.92 Å². The normalized spacial score (nSPS) is 10.6. The zero-order chi connectivity index (χ0) is 9.84. The molecule has 0 aliphatic heterocycles. The minimum Gasteiger partial charge on any atom is -0.258 e. The summed E-state index contributed by atoms with van der Waals surface area (Å²) in [6, 6.07) is 4.17. The summed E-state index contributed by atoms with van der Waals surface area (Å²) in [6.07, 6.45) is 1.50. The zero-order valence-electron chi connectivity index (χ0n) is 6.41. The first kappa shape index (κ1) is 10.0. The number of hydrogen-bond donors (Lipinski definition) is 0. The first-order chi connectivity index (χ1) is 6.15. The van der Waals surface area contributed by atoms with E-state index in [1.165, 1.54) is 29.8 Å². The second-order valence-corrected chi connectivity index (χ2v) is 2.91. The third kappa shape index (κ3) is 2.44.